The quantitative estimate of drug-likeness (QED) is 0.492. The van der Waals surface area contributed by atoms with Crippen molar-refractivity contribution < 1.29 is 24.2 Å². The average Bonchev–Trinajstić information content (AvgIpc) is 2.63. The predicted octanol–water partition coefficient (Wildman–Crippen LogP) is 4.67. The highest BCUT2D eigenvalue weighted by atomic mass is 16.6. The Hall–Kier alpha value is -2.77. The molecule has 2 rings (SSSR count). The van der Waals surface area contributed by atoms with Gasteiger partial charge < -0.3 is 25.4 Å². The number of nitrogens with zero attached hydrogens (tertiary/aromatic N) is 1. The van der Waals surface area contributed by atoms with Gasteiger partial charge in [0.2, 0.25) is 11.8 Å². The molecule has 0 spiro atoms. The molecule has 0 aliphatic heterocycles. The molecule has 0 saturated heterocycles. The molecule has 196 valence electrons. The third kappa shape index (κ3) is 8.75. The first kappa shape index (κ1) is 28.5. The number of carbonyl (C=O) groups is 3. The Bertz CT molecular complexity index is 880. The molecule has 3 N–H and O–H groups in total. The number of carbonyl (C=O) groups excluding carboxylic acids is 3. The number of alkyl carbamates (subject to hydrolysis) is 1. The number of aromatic hydroxyl groups is 1. The molecule has 1 aromatic rings. The highest BCUT2D eigenvalue weighted by Crippen LogP contribution is 2.35. The van der Waals surface area contributed by atoms with Crippen LogP contribution in [-0.4, -0.2) is 51.1 Å². The Kier molecular flexibility index (Phi) is 9.20. The Morgan fingerprint density at radius 2 is 1.63 bits per heavy atom. The van der Waals surface area contributed by atoms with E-state index in [0.717, 1.165) is 19.3 Å². The van der Waals surface area contributed by atoms with Crippen molar-refractivity contribution in [1.29, 1.82) is 0 Å². The van der Waals surface area contributed by atoms with Gasteiger partial charge in [-0.1, -0.05) is 26.0 Å². The highest BCUT2D eigenvalue weighted by molar-refractivity contribution is 5.92. The maximum atomic E-state index is 14.1. The zero-order chi connectivity index (χ0) is 26.6. The van der Waals surface area contributed by atoms with Crippen molar-refractivity contribution >= 4 is 17.9 Å². The minimum Gasteiger partial charge on any atom is -0.508 e. The van der Waals surface area contributed by atoms with E-state index in [1.54, 1.807) is 37.8 Å². The number of nitrogens with one attached hydrogen (secondary N) is 2. The van der Waals surface area contributed by atoms with Crippen LogP contribution >= 0.6 is 0 Å². The van der Waals surface area contributed by atoms with Crippen molar-refractivity contribution in [2.75, 3.05) is 0 Å². The molecule has 8 heteroatoms. The Morgan fingerprint density at radius 1 is 1.06 bits per heavy atom. The maximum absolute atomic E-state index is 14.1. The number of hydrogen-bond donors (Lipinski definition) is 3. The van der Waals surface area contributed by atoms with Gasteiger partial charge in [0.15, 0.2) is 0 Å². The Morgan fingerprint density at radius 3 is 2.06 bits per heavy atom. The maximum Gasteiger partial charge on any atom is 0.408 e. The van der Waals surface area contributed by atoms with Crippen molar-refractivity contribution in [1.82, 2.24) is 15.5 Å². The number of phenolic OH excluding ortho intramolecular Hbond substituents is 1. The number of benzene rings is 1. The molecule has 8 nitrogen and oxygen atoms in total. The monoisotopic (exact) mass is 489 g/mol. The number of rotatable bonds is 8. The summed E-state index contributed by atoms with van der Waals surface area (Å²) in [4.78, 5) is 42.0. The Labute approximate surface area is 209 Å². The summed E-state index contributed by atoms with van der Waals surface area (Å²) in [5.74, 6) is -0.410. The van der Waals surface area contributed by atoms with Gasteiger partial charge in [-0.15, -0.1) is 0 Å². The molecule has 1 fully saturated rings. The molecule has 0 radical (unpaired) electrons. The molecule has 1 saturated carbocycles. The largest absolute Gasteiger partial charge is 0.508 e. The normalized spacial score (nSPS) is 16.1. The number of phenols is 1. The van der Waals surface area contributed by atoms with Crippen LogP contribution in [0.5, 0.6) is 5.75 Å². The number of hydrogen-bond acceptors (Lipinski definition) is 5. The van der Waals surface area contributed by atoms with Crippen LogP contribution in [-0.2, 0) is 14.3 Å². The first-order chi connectivity index (χ1) is 16.1. The Balaban J connectivity index is 2.49. The zero-order valence-electron chi connectivity index (χ0n) is 22.5. The van der Waals surface area contributed by atoms with E-state index >= 15 is 0 Å². The summed E-state index contributed by atoms with van der Waals surface area (Å²) in [5.41, 5.74) is -0.609. The standard InChI is InChI=1S/C27H43N3O5/c1-17(2)16-21(28-25(34)35-27(6,7)8)24(33)30(19-10-9-11-19)22(23(32)29-26(3,4)5)18-12-14-20(31)15-13-18/h12-15,17,19,21-22,31H,9-11,16H2,1-8H3,(H,28,34)(H,29,32). The topological polar surface area (TPSA) is 108 Å². The van der Waals surface area contributed by atoms with Crippen LogP contribution < -0.4 is 10.6 Å². The molecular weight excluding hydrogens is 446 g/mol. The molecule has 2 atom stereocenters. The summed E-state index contributed by atoms with van der Waals surface area (Å²) in [6.07, 6.45) is 2.27. The second kappa shape index (κ2) is 11.3. The minimum atomic E-state index is -0.900. The molecule has 0 bridgehead atoms. The smallest absolute Gasteiger partial charge is 0.408 e. The van der Waals surface area contributed by atoms with E-state index < -0.39 is 29.3 Å². The van der Waals surface area contributed by atoms with E-state index in [0.29, 0.717) is 12.0 Å². The van der Waals surface area contributed by atoms with Gasteiger partial charge in [-0.3, -0.25) is 9.59 Å². The summed E-state index contributed by atoms with van der Waals surface area (Å²) in [6.45, 7) is 14.9. The van der Waals surface area contributed by atoms with Crippen molar-refractivity contribution in [3.63, 3.8) is 0 Å². The van der Waals surface area contributed by atoms with Gasteiger partial charge in [0.05, 0.1) is 0 Å². The van der Waals surface area contributed by atoms with Crippen LogP contribution in [0.15, 0.2) is 24.3 Å². The lowest BCUT2D eigenvalue weighted by molar-refractivity contribution is -0.148. The summed E-state index contributed by atoms with van der Waals surface area (Å²) in [6, 6.07) is 4.50. The fourth-order valence-corrected chi connectivity index (χ4v) is 4.04. The van der Waals surface area contributed by atoms with E-state index in [2.05, 4.69) is 10.6 Å². The summed E-state index contributed by atoms with van der Waals surface area (Å²) in [7, 11) is 0. The first-order valence-electron chi connectivity index (χ1n) is 12.5. The molecular formula is C27H43N3O5. The molecule has 1 aliphatic carbocycles. The van der Waals surface area contributed by atoms with E-state index in [9.17, 15) is 19.5 Å². The fourth-order valence-electron chi connectivity index (χ4n) is 4.04. The summed E-state index contributed by atoms with van der Waals surface area (Å²) < 4.78 is 5.42. The third-order valence-corrected chi connectivity index (χ3v) is 5.65. The van der Waals surface area contributed by atoms with Gasteiger partial charge >= 0.3 is 6.09 Å². The zero-order valence-corrected chi connectivity index (χ0v) is 22.5. The lowest BCUT2D eigenvalue weighted by Crippen LogP contribution is -2.58. The van der Waals surface area contributed by atoms with E-state index in [1.165, 1.54) is 12.1 Å². The molecule has 3 amide bonds. The average molecular weight is 490 g/mol. The molecule has 1 aliphatic rings. The SMILES string of the molecule is CC(C)CC(NC(=O)OC(C)(C)C)C(=O)N(C1CCC1)C(C(=O)NC(C)(C)C)c1ccc(O)cc1. The summed E-state index contributed by atoms with van der Waals surface area (Å²) in [5, 5.41) is 15.6. The molecule has 0 heterocycles. The summed E-state index contributed by atoms with van der Waals surface area (Å²) >= 11 is 0. The van der Waals surface area contributed by atoms with Gasteiger partial charge in [0, 0.05) is 11.6 Å². The minimum absolute atomic E-state index is 0.0783. The first-order valence-corrected chi connectivity index (χ1v) is 12.5. The van der Waals surface area contributed by atoms with Crippen LogP contribution in [0.2, 0.25) is 0 Å². The van der Waals surface area contributed by atoms with Gasteiger partial charge in [0.25, 0.3) is 0 Å². The lowest BCUT2D eigenvalue weighted by Gasteiger charge is -2.44. The van der Waals surface area contributed by atoms with Crippen molar-refractivity contribution in [3.8, 4) is 5.75 Å². The van der Waals surface area contributed by atoms with Crippen LogP contribution in [0.25, 0.3) is 0 Å². The van der Waals surface area contributed by atoms with Gasteiger partial charge in [-0.25, -0.2) is 4.79 Å². The number of amides is 3. The van der Waals surface area contributed by atoms with Crippen LogP contribution in [0.1, 0.15) is 92.7 Å². The third-order valence-electron chi connectivity index (χ3n) is 5.65. The van der Waals surface area contributed by atoms with Gasteiger partial charge in [0.1, 0.15) is 23.4 Å². The van der Waals surface area contributed by atoms with Crippen LogP contribution in [0.3, 0.4) is 0 Å². The molecule has 0 aromatic heterocycles. The van der Waals surface area contributed by atoms with E-state index in [4.69, 9.17) is 4.74 Å². The predicted molar refractivity (Wildman–Crippen MR) is 136 cm³/mol. The van der Waals surface area contributed by atoms with Gasteiger partial charge in [-0.2, -0.15) is 0 Å². The lowest BCUT2D eigenvalue weighted by atomic mass is 9.87. The van der Waals surface area contributed by atoms with E-state index in [-0.39, 0.29) is 29.5 Å². The second-order valence-corrected chi connectivity index (χ2v) is 11.9. The second-order valence-electron chi connectivity index (χ2n) is 11.9. The molecule has 35 heavy (non-hydrogen) atoms. The number of ether oxygens (including phenoxy) is 1. The van der Waals surface area contributed by atoms with Gasteiger partial charge in [-0.05, 0) is 90.8 Å². The fraction of sp³-hybridized carbons (Fsp3) is 0.667. The highest BCUT2D eigenvalue weighted by Gasteiger charge is 2.42. The van der Waals surface area contributed by atoms with Crippen molar-refractivity contribution in [3.05, 3.63) is 29.8 Å². The molecule has 1 aromatic carbocycles. The van der Waals surface area contributed by atoms with Crippen molar-refractivity contribution in [2.45, 2.75) is 110 Å². The van der Waals surface area contributed by atoms with E-state index in [1.807, 2.05) is 34.6 Å². The van der Waals surface area contributed by atoms with Crippen molar-refractivity contribution in [2.24, 2.45) is 5.92 Å². The van der Waals surface area contributed by atoms with Crippen LogP contribution in [0, 0.1) is 5.92 Å². The molecule has 2 unspecified atom stereocenters. The van der Waals surface area contributed by atoms with Crippen LogP contribution in [0.4, 0.5) is 4.79 Å².